The summed E-state index contributed by atoms with van der Waals surface area (Å²) in [5.41, 5.74) is 7.65. The molecular weight excluding hydrogens is 286 g/mol. The zero-order valence-corrected chi connectivity index (χ0v) is 13.5. The van der Waals surface area contributed by atoms with E-state index in [1.54, 1.807) is 6.26 Å². The van der Waals surface area contributed by atoms with Crippen LogP contribution in [-0.4, -0.2) is 30.0 Å². The third kappa shape index (κ3) is 4.56. The van der Waals surface area contributed by atoms with Gasteiger partial charge in [-0.3, -0.25) is 4.90 Å². The molecule has 0 saturated heterocycles. The maximum absolute atomic E-state index is 5.98. The molecule has 0 aliphatic heterocycles. The lowest BCUT2D eigenvalue weighted by Gasteiger charge is -2.28. The predicted octanol–water partition coefficient (Wildman–Crippen LogP) is 3.41. The van der Waals surface area contributed by atoms with Gasteiger partial charge >= 0.3 is 0 Å². The molecule has 0 aliphatic rings. The quantitative estimate of drug-likeness (QED) is 0.888. The van der Waals surface area contributed by atoms with Gasteiger partial charge in [-0.15, -0.1) is 0 Å². The van der Waals surface area contributed by atoms with Crippen molar-refractivity contribution in [3.8, 4) is 11.5 Å². The number of benzene rings is 1. The van der Waals surface area contributed by atoms with Gasteiger partial charge in [0.2, 0.25) is 5.89 Å². The van der Waals surface area contributed by atoms with Gasteiger partial charge in [-0.2, -0.15) is 0 Å². The maximum atomic E-state index is 5.98. The van der Waals surface area contributed by atoms with Crippen LogP contribution in [0.2, 0.25) is 5.02 Å². The Bertz CT molecular complexity index is 595. The topological polar surface area (TPSA) is 55.3 Å². The molecule has 21 heavy (non-hydrogen) atoms. The number of hydrogen-bond acceptors (Lipinski definition) is 4. The van der Waals surface area contributed by atoms with Crippen LogP contribution < -0.4 is 5.73 Å². The molecule has 5 heteroatoms. The van der Waals surface area contributed by atoms with E-state index in [4.69, 9.17) is 21.8 Å². The molecule has 114 valence electrons. The van der Waals surface area contributed by atoms with Crippen molar-refractivity contribution in [3.05, 3.63) is 41.2 Å². The minimum absolute atomic E-state index is 0.0915. The summed E-state index contributed by atoms with van der Waals surface area (Å²) in [4.78, 5) is 6.72. The molecule has 4 nitrogen and oxygen atoms in total. The van der Waals surface area contributed by atoms with Gasteiger partial charge in [0.25, 0.3) is 0 Å². The number of halogens is 1. The molecule has 0 bridgehead atoms. The van der Waals surface area contributed by atoms with E-state index in [9.17, 15) is 0 Å². The molecule has 0 amide bonds. The molecule has 2 aromatic rings. The molecule has 0 saturated carbocycles. The number of aromatic nitrogens is 1. The Balaban J connectivity index is 2.03. The van der Waals surface area contributed by atoms with E-state index >= 15 is 0 Å². The summed E-state index contributed by atoms with van der Waals surface area (Å²) < 4.78 is 5.54. The number of nitrogens with two attached hydrogens (primary N) is 1. The van der Waals surface area contributed by atoms with E-state index in [1.165, 1.54) is 0 Å². The summed E-state index contributed by atoms with van der Waals surface area (Å²) in [5.74, 6) is 0.596. The van der Waals surface area contributed by atoms with E-state index in [1.807, 2.05) is 24.3 Å². The largest absolute Gasteiger partial charge is 0.444 e. The molecule has 0 atom stereocenters. The number of rotatable bonds is 6. The van der Waals surface area contributed by atoms with Crippen LogP contribution in [0.3, 0.4) is 0 Å². The highest BCUT2D eigenvalue weighted by Gasteiger charge is 2.19. The zero-order valence-electron chi connectivity index (χ0n) is 12.8. The second-order valence-electron chi connectivity index (χ2n) is 6.19. The average molecular weight is 308 g/mol. The molecule has 0 unspecified atom stereocenters. The highest BCUT2D eigenvalue weighted by atomic mass is 35.5. The van der Waals surface area contributed by atoms with E-state index in [2.05, 4.69) is 30.8 Å². The summed E-state index contributed by atoms with van der Waals surface area (Å²) in [7, 11) is 2.06. The Labute approximate surface area is 130 Å². The van der Waals surface area contributed by atoms with Crippen LogP contribution >= 0.6 is 11.6 Å². The fourth-order valence-electron chi connectivity index (χ4n) is 2.26. The van der Waals surface area contributed by atoms with E-state index in [0.717, 1.165) is 24.3 Å². The summed E-state index contributed by atoms with van der Waals surface area (Å²) in [6.45, 7) is 6.60. The molecule has 0 fully saturated rings. The Hall–Kier alpha value is -1.36. The van der Waals surface area contributed by atoms with Crippen molar-refractivity contribution in [3.63, 3.8) is 0 Å². The van der Waals surface area contributed by atoms with E-state index in [0.29, 0.717) is 17.5 Å². The highest BCUT2D eigenvalue weighted by molar-refractivity contribution is 6.30. The Kier molecular flexibility index (Phi) is 5.04. The molecule has 1 aromatic carbocycles. The fraction of sp³-hybridized carbons (Fsp3) is 0.438. The van der Waals surface area contributed by atoms with Crippen LogP contribution in [0.5, 0.6) is 0 Å². The lowest BCUT2D eigenvalue weighted by atomic mass is 9.93. The zero-order chi connectivity index (χ0) is 15.5. The summed E-state index contributed by atoms with van der Waals surface area (Å²) in [6, 6.07) is 7.50. The number of nitrogens with zero attached hydrogens (tertiary/aromatic N) is 2. The highest BCUT2D eigenvalue weighted by Crippen LogP contribution is 2.23. The van der Waals surface area contributed by atoms with Crippen molar-refractivity contribution in [2.45, 2.75) is 20.4 Å². The molecule has 1 heterocycles. The van der Waals surface area contributed by atoms with Crippen LogP contribution in [0, 0.1) is 5.41 Å². The minimum atomic E-state index is 0.0915. The van der Waals surface area contributed by atoms with Crippen molar-refractivity contribution in [1.82, 2.24) is 9.88 Å². The minimum Gasteiger partial charge on any atom is -0.444 e. The SMILES string of the molecule is CN(Cc1coc(-c2cccc(Cl)c2)n1)CC(C)(C)CN. The van der Waals surface area contributed by atoms with E-state index in [-0.39, 0.29) is 5.41 Å². The van der Waals surface area contributed by atoms with Gasteiger partial charge in [-0.1, -0.05) is 31.5 Å². The van der Waals surface area contributed by atoms with Gasteiger partial charge < -0.3 is 10.2 Å². The van der Waals surface area contributed by atoms with Crippen LogP contribution in [0.15, 0.2) is 34.9 Å². The summed E-state index contributed by atoms with van der Waals surface area (Å²) >= 11 is 5.98. The van der Waals surface area contributed by atoms with Crippen molar-refractivity contribution in [2.24, 2.45) is 11.1 Å². The first kappa shape index (κ1) is 16.0. The third-order valence-electron chi connectivity index (χ3n) is 3.31. The molecule has 2 N–H and O–H groups in total. The van der Waals surface area contributed by atoms with Crippen molar-refractivity contribution in [1.29, 1.82) is 0 Å². The first-order chi connectivity index (χ1) is 9.89. The van der Waals surface area contributed by atoms with Crippen LogP contribution in [0.4, 0.5) is 0 Å². The average Bonchev–Trinajstić information content (AvgIpc) is 2.86. The predicted molar refractivity (Wildman–Crippen MR) is 86.1 cm³/mol. The van der Waals surface area contributed by atoms with Crippen molar-refractivity contribution < 1.29 is 4.42 Å². The lowest BCUT2D eigenvalue weighted by Crippen LogP contribution is -2.36. The van der Waals surface area contributed by atoms with Crippen LogP contribution in [0.1, 0.15) is 19.5 Å². The van der Waals surface area contributed by atoms with Crippen molar-refractivity contribution >= 4 is 11.6 Å². The first-order valence-electron chi connectivity index (χ1n) is 6.98. The van der Waals surface area contributed by atoms with E-state index < -0.39 is 0 Å². The van der Waals surface area contributed by atoms with Crippen molar-refractivity contribution in [2.75, 3.05) is 20.1 Å². The molecular formula is C16H22ClN3O. The third-order valence-corrected chi connectivity index (χ3v) is 3.54. The van der Waals surface area contributed by atoms with Gasteiger partial charge in [0.1, 0.15) is 6.26 Å². The summed E-state index contributed by atoms with van der Waals surface area (Å²) in [6.07, 6.45) is 1.70. The number of hydrogen-bond donors (Lipinski definition) is 1. The van der Waals surface area contributed by atoms with Gasteiger partial charge in [0, 0.05) is 23.7 Å². The number of oxazole rings is 1. The molecule has 0 radical (unpaired) electrons. The standard InChI is InChI=1S/C16H22ClN3O/c1-16(2,10-18)11-20(3)8-14-9-21-15(19-14)12-5-4-6-13(17)7-12/h4-7,9H,8,10-11,18H2,1-3H3. The summed E-state index contributed by atoms with van der Waals surface area (Å²) in [5, 5.41) is 0.675. The normalized spacial score (nSPS) is 12.1. The first-order valence-corrected chi connectivity index (χ1v) is 7.36. The van der Waals surface area contributed by atoms with Gasteiger partial charge in [-0.25, -0.2) is 4.98 Å². The van der Waals surface area contributed by atoms with Crippen LogP contribution in [-0.2, 0) is 6.54 Å². The van der Waals surface area contributed by atoms with Gasteiger partial charge in [0.05, 0.1) is 5.69 Å². The Morgan fingerprint density at radius 3 is 2.81 bits per heavy atom. The van der Waals surface area contributed by atoms with Gasteiger partial charge in [-0.05, 0) is 37.2 Å². The lowest BCUT2D eigenvalue weighted by molar-refractivity contribution is 0.208. The fourth-order valence-corrected chi connectivity index (χ4v) is 2.45. The monoisotopic (exact) mass is 307 g/mol. The second kappa shape index (κ2) is 6.60. The maximum Gasteiger partial charge on any atom is 0.226 e. The van der Waals surface area contributed by atoms with Gasteiger partial charge in [0.15, 0.2) is 0 Å². The molecule has 1 aromatic heterocycles. The Morgan fingerprint density at radius 2 is 2.14 bits per heavy atom. The molecule has 0 spiro atoms. The molecule has 2 rings (SSSR count). The van der Waals surface area contributed by atoms with Crippen LogP contribution in [0.25, 0.3) is 11.5 Å². The smallest absolute Gasteiger partial charge is 0.226 e. The molecule has 0 aliphatic carbocycles. The Morgan fingerprint density at radius 1 is 1.38 bits per heavy atom. The second-order valence-corrected chi connectivity index (χ2v) is 6.63.